The fourth-order valence-electron chi connectivity index (χ4n) is 4.01. The molecule has 6 nitrogen and oxygen atoms in total. The van der Waals surface area contributed by atoms with Gasteiger partial charge in [-0.15, -0.1) is 0 Å². The third-order valence-corrected chi connectivity index (χ3v) is 7.57. The van der Waals surface area contributed by atoms with Crippen LogP contribution in [-0.2, 0) is 14.8 Å². The minimum Gasteiger partial charge on any atom is -0.321 e. The molecule has 1 heterocycles. The number of carbonyl (C=O) groups excluding carboxylic acids is 1. The minimum absolute atomic E-state index is 0.211. The van der Waals surface area contributed by atoms with Gasteiger partial charge in [-0.2, -0.15) is 4.31 Å². The lowest BCUT2D eigenvalue weighted by Gasteiger charge is -2.35. The van der Waals surface area contributed by atoms with Crippen molar-refractivity contribution in [2.24, 2.45) is 0 Å². The van der Waals surface area contributed by atoms with E-state index >= 15 is 0 Å². The average Bonchev–Trinajstić information content (AvgIpc) is 2.82. The molecule has 1 saturated heterocycles. The maximum Gasteiger partial charge on any atom is 0.287 e. The van der Waals surface area contributed by atoms with Crippen molar-refractivity contribution in [2.45, 2.75) is 10.9 Å². The smallest absolute Gasteiger partial charge is 0.287 e. The second kappa shape index (κ2) is 9.60. The molecule has 0 radical (unpaired) electrons. The molecule has 0 aliphatic carbocycles. The normalized spacial score (nSPS) is 16.4. The van der Waals surface area contributed by atoms with E-state index in [9.17, 15) is 17.6 Å². The van der Waals surface area contributed by atoms with Crippen LogP contribution in [0.15, 0.2) is 89.8 Å². The third-order valence-electron chi connectivity index (χ3n) is 5.66. The van der Waals surface area contributed by atoms with Crippen molar-refractivity contribution >= 4 is 21.6 Å². The number of piperazine rings is 1. The van der Waals surface area contributed by atoms with Gasteiger partial charge < -0.3 is 10.2 Å². The number of quaternary nitrogens is 1. The van der Waals surface area contributed by atoms with E-state index in [1.54, 1.807) is 30.3 Å². The SMILES string of the molecule is O=C(Nc1ccc(F)cc1)[C@@H](c1ccccc1)[NH+]1CCN(S(=O)(=O)c2ccccc2)CC1. The van der Waals surface area contributed by atoms with E-state index in [0.29, 0.717) is 31.9 Å². The Morgan fingerprint density at radius 1 is 0.875 bits per heavy atom. The van der Waals surface area contributed by atoms with Crippen LogP contribution in [0, 0.1) is 5.82 Å². The van der Waals surface area contributed by atoms with Crippen LogP contribution >= 0.6 is 0 Å². The van der Waals surface area contributed by atoms with E-state index in [4.69, 9.17) is 0 Å². The summed E-state index contributed by atoms with van der Waals surface area (Å²) in [7, 11) is -3.56. The number of amides is 1. The highest BCUT2D eigenvalue weighted by molar-refractivity contribution is 7.89. The quantitative estimate of drug-likeness (QED) is 0.599. The molecule has 1 aliphatic heterocycles. The molecule has 0 unspecified atom stereocenters. The number of anilines is 1. The molecule has 0 spiro atoms. The highest BCUT2D eigenvalue weighted by atomic mass is 32.2. The molecule has 0 saturated carbocycles. The van der Waals surface area contributed by atoms with Gasteiger partial charge in [0.25, 0.3) is 5.91 Å². The number of nitrogens with one attached hydrogen (secondary N) is 2. The minimum atomic E-state index is -3.56. The summed E-state index contributed by atoms with van der Waals surface area (Å²) in [4.78, 5) is 14.5. The number of halogens is 1. The summed E-state index contributed by atoms with van der Waals surface area (Å²) in [5.74, 6) is -0.582. The molecule has 8 heteroatoms. The Kier molecular flexibility index (Phi) is 6.64. The lowest BCUT2D eigenvalue weighted by molar-refractivity contribution is -0.925. The first-order valence-electron chi connectivity index (χ1n) is 10.5. The van der Waals surface area contributed by atoms with Crippen LogP contribution in [0.5, 0.6) is 0 Å². The molecule has 3 aromatic rings. The number of nitrogens with zero attached hydrogens (tertiary/aromatic N) is 1. The average molecular weight is 455 g/mol. The molecule has 1 atom stereocenters. The lowest BCUT2D eigenvalue weighted by Crippen LogP contribution is -3.16. The van der Waals surface area contributed by atoms with Gasteiger partial charge in [0.1, 0.15) is 5.82 Å². The second-order valence-electron chi connectivity index (χ2n) is 7.72. The molecule has 1 amide bonds. The van der Waals surface area contributed by atoms with Crippen LogP contribution in [0.1, 0.15) is 11.6 Å². The second-order valence-corrected chi connectivity index (χ2v) is 9.65. The van der Waals surface area contributed by atoms with Crippen LogP contribution in [0.4, 0.5) is 10.1 Å². The Morgan fingerprint density at radius 2 is 1.44 bits per heavy atom. The van der Waals surface area contributed by atoms with Gasteiger partial charge in [0.2, 0.25) is 10.0 Å². The van der Waals surface area contributed by atoms with Crippen LogP contribution in [-0.4, -0.2) is 44.8 Å². The van der Waals surface area contributed by atoms with E-state index in [1.165, 1.54) is 28.6 Å². The van der Waals surface area contributed by atoms with E-state index < -0.39 is 16.1 Å². The van der Waals surface area contributed by atoms with E-state index in [2.05, 4.69) is 5.32 Å². The van der Waals surface area contributed by atoms with Crippen LogP contribution in [0.3, 0.4) is 0 Å². The van der Waals surface area contributed by atoms with Crippen molar-refractivity contribution in [2.75, 3.05) is 31.5 Å². The van der Waals surface area contributed by atoms with Gasteiger partial charge in [-0.1, -0.05) is 48.5 Å². The van der Waals surface area contributed by atoms with Crippen molar-refractivity contribution in [1.82, 2.24) is 4.31 Å². The Hall–Kier alpha value is -3.07. The van der Waals surface area contributed by atoms with Crippen molar-refractivity contribution in [3.05, 3.63) is 96.3 Å². The molecule has 2 N–H and O–H groups in total. The fraction of sp³-hybridized carbons (Fsp3) is 0.208. The summed E-state index contributed by atoms with van der Waals surface area (Å²) in [6.45, 7) is 1.62. The van der Waals surface area contributed by atoms with Gasteiger partial charge in [-0.3, -0.25) is 4.79 Å². The van der Waals surface area contributed by atoms with Crippen molar-refractivity contribution in [3.8, 4) is 0 Å². The summed E-state index contributed by atoms with van der Waals surface area (Å²) < 4.78 is 40.6. The highest BCUT2D eigenvalue weighted by Crippen LogP contribution is 2.18. The topological polar surface area (TPSA) is 70.9 Å². The van der Waals surface area contributed by atoms with Crippen LogP contribution < -0.4 is 10.2 Å². The fourth-order valence-corrected chi connectivity index (χ4v) is 5.47. The Bertz CT molecular complexity index is 1150. The maximum atomic E-state index is 13.2. The lowest BCUT2D eigenvalue weighted by atomic mass is 10.0. The molecule has 166 valence electrons. The molecular formula is C24H25FN3O3S+. The molecule has 1 fully saturated rings. The van der Waals surface area contributed by atoms with E-state index in [-0.39, 0.29) is 16.6 Å². The van der Waals surface area contributed by atoms with Crippen molar-refractivity contribution < 1.29 is 22.5 Å². The standard InChI is InChI=1S/C24H24FN3O3S/c25-20-11-13-21(14-12-20)26-24(29)23(19-7-3-1-4-8-19)27-15-17-28(18-16-27)32(30,31)22-9-5-2-6-10-22/h1-14,23H,15-18H2,(H,26,29)/p+1/t23-/m1/s1. The van der Waals surface area contributed by atoms with E-state index in [0.717, 1.165) is 10.5 Å². The predicted molar refractivity (Wildman–Crippen MR) is 120 cm³/mol. The number of hydrogen-bond donors (Lipinski definition) is 2. The number of benzene rings is 3. The van der Waals surface area contributed by atoms with Gasteiger partial charge in [0, 0.05) is 11.3 Å². The zero-order valence-corrected chi connectivity index (χ0v) is 18.3. The van der Waals surface area contributed by atoms with Crippen molar-refractivity contribution in [3.63, 3.8) is 0 Å². The maximum absolute atomic E-state index is 13.2. The summed E-state index contributed by atoms with van der Waals surface area (Å²) >= 11 is 0. The van der Waals surface area contributed by atoms with Gasteiger partial charge in [-0.05, 0) is 36.4 Å². The first-order valence-corrected chi connectivity index (χ1v) is 11.9. The first-order chi connectivity index (χ1) is 15.4. The van der Waals surface area contributed by atoms with Crippen LogP contribution in [0.25, 0.3) is 0 Å². The monoisotopic (exact) mass is 454 g/mol. The Balaban J connectivity index is 1.52. The summed E-state index contributed by atoms with van der Waals surface area (Å²) in [5.41, 5.74) is 1.36. The zero-order valence-electron chi connectivity index (χ0n) is 17.4. The molecule has 32 heavy (non-hydrogen) atoms. The van der Waals surface area contributed by atoms with Gasteiger partial charge in [-0.25, -0.2) is 12.8 Å². The van der Waals surface area contributed by atoms with E-state index in [1.807, 2.05) is 30.3 Å². The predicted octanol–water partition coefficient (Wildman–Crippen LogP) is 2.09. The summed E-state index contributed by atoms with van der Waals surface area (Å²) in [5, 5.41) is 2.87. The van der Waals surface area contributed by atoms with Gasteiger partial charge >= 0.3 is 0 Å². The Labute approximate surface area is 187 Å². The van der Waals surface area contributed by atoms with Crippen LogP contribution in [0.2, 0.25) is 0 Å². The van der Waals surface area contributed by atoms with Crippen molar-refractivity contribution in [1.29, 1.82) is 0 Å². The highest BCUT2D eigenvalue weighted by Gasteiger charge is 2.37. The number of sulfonamides is 1. The van der Waals surface area contributed by atoms with Gasteiger partial charge in [0.05, 0.1) is 31.1 Å². The number of carbonyl (C=O) groups is 1. The third kappa shape index (κ3) is 4.88. The summed E-state index contributed by atoms with van der Waals surface area (Å²) in [6.07, 6.45) is 0. The summed E-state index contributed by atoms with van der Waals surface area (Å²) in [6, 6.07) is 23.0. The molecule has 3 aromatic carbocycles. The Morgan fingerprint density at radius 3 is 2.03 bits per heavy atom. The molecule has 0 bridgehead atoms. The largest absolute Gasteiger partial charge is 0.321 e. The number of rotatable bonds is 6. The molecular weight excluding hydrogens is 429 g/mol. The molecule has 1 aliphatic rings. The molecule has 4 rings (SSSR count). The molecule has 0 aromatic heterocycles. The zero-order chi connectivity index (χ0) is 22.6. The number of hydrogen-bond acceptors (Lipinski definition) is 3. The van der Waals surface area contributed by atoms with Gasteiger partial charge in [0.15, 0.2) is 6.04 Å². The first kappa shape index (κ1) is 22.1.